The molecule has 2 atom stereocenters. The van der Waals surface area contributed by atoms with E-state index in [0.717, 1.165) is 10.6 Å². The molecular formula is C24H23ClF2N2O5. The molecule has 0 fully saturated rings. The molecule has 2 aromatic carbocycles. The number of carbonyl (C=O) groups excluding carboxylic acids is 2. The molecule has 0 saturated carbocycles. The van der Waals surface area contributed by atoms with Crippen molar-refractivity contribution in [3.8, 4) is 5.75 Å². The number of phenols is 1. The van der Waals surface area contributed by atoms with Crippen LogP contribution in [-0.2, 0) is 9.59 Å². The van der Waals surface area contributed by atoms with Crippen LogP contribution < -0.4 is 5.32 Å². The lowest BCUT2D eigenvalue weighted by molar-refractivity contribution is -0.147. The first kappa shape index (κ1) is 25.2. The Morgan fingerprint density at radius 3 is 2.32 bits per heavy atom. The average molecular weight is 493 g/mol. The smallest absolute Gasteiger partial charge is 0.329 e. The van der Waals surface area contributed by atoms with Gasteiger partial charge in [0.25, 0.3) is 5.91 Å². The molecule has 0 aliphatic heterocycles. The van der Waals surface area contributed by atoms with E-state index in [1.165, 1.54) is 45.0 Å². The van der Waals surface area contributed by atoms with E-state index < -0.39 is 46.6 Å². The van der Waals surface area contributed by atoms with E-state index in [1.54, 1.807) is 6.92 Å². The zero-order valence-electron chi connectivity index (χ0n) is 18.9. The highest BCUT2D eigenvalue weighted by Gasteiger charge is 2.36. The number of nitrogens with zero attached hydrogens (tertiary/aromatic N) is 1. The molecular weight excluding hydrogens is 470 g/mol. The van der Waals surface area contributed by atoms with E-state index in [-0.39, 0.29) is 34.1 Å². The zero-order valence-corrected chi connectivity index (χ0v) is 19.6. The first-order valence-electron chi connectivity index (χ1n) is 10.4. The summed E-state index contributed by atoms with van der Waals surface area (Å²) in [5, 5.41) is 21.9. The molecule has 1 amide bonds. The Balaban J connectivity index is 2.24. The number of amides is 1. The maximum absolute atomic E-state index is 15.1. The van der Waals surface area contributed by atoms with Gasteiger partial charge in [0.05, 0.1) is 11.4 Å². The Morgan fingerprint density at radius 2 is 1.79 bits per heavy atom. The fraction of sp³-hybridized carbons (Fsp3) is 0.292. The van der Waals surface area contributed by atoms with E-state index in [9.17, 15) is 29.0 Å². The number of phenolic OH excluding ortho intramolecular Hbond substituents is 1. The average Bonchev–Trinajstić information content (AvgIpc) is 3.08. The molecule has 0 radical (unpaired) electrons. The molecule has 1 aromatic heterocycles. The van der Waals surface area contributed by atoms with Gasteiger partial charge in [-0.15, -0.1) is 0 Å². The van der Waals surface area contributed by atoms with E-state index in [2.05, 4.69) is 5.32 Å². The predicted octanol–water partition coefficient (Wildman–Crippen LogP) is 4.75. The summed E-state index contributed by atoms with van der Waals surface area (Å²) in [7, 11) is 0. The quantitative estimate of drug-likeness (QED) is 0.460. The number of aromatic hydroxyl groups is 1. The van der Waals surface area contributed by atoms with Crippen LogP contribution in [0.5, 0.6) is 5.75 Å². The summed E-state index contributed by atoms with van der Waals surface area (Å²) >= 11 is 5.88. The van der Waals surface area contributed by atoms with Gasteiger partial charge in [-0.25, -0.2) is 13.6 Å². The summed E-state index contributed by atoms with van der Waals surface area (Å²) in [6, 6.07) is 6.67. The standard InChI is InChI=1S/C24H23ClF2N2O5/c1-5-24(4,23(33)34)28-21(31)11(2)17-12(3)29(22(32)13-6-8-14(25)9-7-13)16-10-15(26)20(30)19(27)18(16)17/h6-11,30H,5H2,1-4H3,(H,28,31)(H,33,34)/t11-,24?/m1/s1. The molecule has 0 aliphatic carbocycles. The van der Waals surface area contributed by atoms with Crippen LogP contribution in [0, 0.1) is 18.6 Å². The molecule has 0 aliphatic rings. The minimum atomic E-state index is -1.58. The minimum Gasteiger partial charge on any atom is -0.503 e. The Labute approximate surface area is 198 Å². The third-order valence-electron chi connectivity index (χ3n) is 6.11. The van der Waals surface area contributed by atoms with Gasteiger partial charge in [0, 0.05) is 27.7 Å². The number of hydrogen-bond acceptors (Lipinski definition) is 4. The van der Waals surface area contributed by atoms with Crippen LogP contribution in [0.1, 0.15) is 54.7 Å². The molecule has 0 bridgehead atoms. The van der Waals surface area contributed by atoms with Gasteiger partial charge >= 0.3 is 5.97 Å². The van der Waals surface area contributed by atoms with E-state index in [4.69, 9.17) is 11.6 Å². The number of carbonyl (C=O) groups is 3. The van der Waals surface area contributed by atoms with E-state index in [1.807, 2.05) is 0 Å². The highest BCUT2D eigenvalue weighted by Crippen LogP contribution is 2.39. The lowest BCUT2D eigenvalue weighted by atomic mass is 9.93. The lowest BCUT2D eigenvalue weighted by Gasteiger charge is -2.26. The summed E-state index contributed by atoms with van der Waals surface area (Å²) in [5.41, 5.74) is -1.44. The number of aliphatic carboxylic acids is 1. The predicted molar refractivity (Wildman–Crippen MR) is 122 cm³/mol. The number of benzene rings is 2. The summed E-state index contributed by atoms with van der Waals surface area (Å²) in [6.45, 7) is 5.78. The second-order valence-electron chi connectivity index (χ2n) is 8.26. The van der Waals surface area contributed by atoms with Crippen LogP contribution in [0.4, 0.5) is 8.78 Å². The fourth-order valence-electron chi connectivity index (χ4n) is 3.83. The molecule has 1 unspecified atom stereocenters. The summed E-state index contributed by atoms with van der Waals surface area (Å²) in [6.07, 6.45) is 0.0803. The van der Waals surface area contributed by atoms with Crippen molar-refractivity contribution in [2.45, 2.75) is 45.6 Å². The van der Waals surface area contributed by atoms with Gasteiger partial charge in [0.2, 0.25) is 5.91 Å². The van der Waals surface area contributed by atoms with Gasteiger partial charge in [0.15, 0.2) is 17.4 Å². The third-order valence-corrected chi connectivity index (χ3v) is 6.36. The van der Waals surface area contributed by atoms with Gasteiger partial charge in [-0.05, 0) is 57.0 Å². The van der Waals surface area contributed by atoms with Crippen molar-refractivity contribution in [1.29, 1.82) is 0 Å². The summed E-state index contributed by atoms with van der Waals surface area (Å²) in [4.78, 5) is 38.0. The molecule has 3 N–H and O–H groups in total. The summed E-state index contributed by atoms with van der Waals surface area (Å²) in [5.74, 6) is -7.62. The van der Waals surface area contributed by atoms with Gasteiger partial charge in [0.1, 0.15) is 5.54 Å². The molecule has 0 saturated heterocycles. The van der Waals surface area contributed by atoms with Crippen molar-refractivity contribution in [2.24, 2.45) is 0 Å². The largest absolute Gasteiger partial charge is 0.503 e. The van der Waals surface area contributed by atoms with Crippen molar-refractivity contribution < 1.29 is 33.4 Å². The van der Waals surface area contributed by atoms with Gasteiger partial charge in [-0.1, -0.05) is 18.5 Å². The zero-order chi connectivity index (χ0) is 25.5. The lowest BCUT2D eigenvalue weighted by Crippen LogP contribution is -2.52. The third kappa shape index (κ3) is 4.11. The molecule has 34 heavy (non-hydrogen) atoms. The van der Waals surface area contributed by atoms with Crippen LogP contribution >= 0.6 is 11.6 Å². The van der Waals surface area contributed by atoms with Crippen LogP contribution in [0.3, 0.4) is 0 Å². The molecule has 7 nitrogen and oxygen atoms in total. The number of nitrogens with one attached hydrogen (secondary N) is 1. The maximum Gasteiger partial charge on any atom is 0.329 e. The number of halogens is 3. The van der Waals surface area contributed by atoms with Gasteiger partial charge in [-0.3, -0.25) is 14.2 Å². The molecule has 3 aromatic rings. The Bertz CT molecular complexity index is 1320. The van der Waals surface area contributed by atoms with Gasteiger partial charge in [-0.2, -0.15) is 0 Å². The van der Waals surface area contributed by atoms with E-state index in [0.29, 0.717) is 5.02 Å². The highest BCUT2D eigenvalue weighted by atomic mass is 35.5. The molecule has 180 valence electrons. The van der Waals surface area contributed by atoms with Crippen LogP contribution in [-0.4, -0.2) is 38.1 Å². The fourth-order valence-corrected chi connectivity index (χ4v) is 3.95. The number of rotatable bonds is 6. The molecule has 3 rings (SSSR count). The number of carboxylic acid groups (broad SMARTS) is 1. The van der Waals surface area contributed by atoms with Crippen molar-refractivity contribution in [3.05, 3.63) is 63.8 Å². The Morgan fingerprint density at radius 1 is 1.21 bits per heavy atom. The summed E-state index contributed by atoms with van der Waals surface area (Å²) < 4.78 is 30.5. The SMILES string of the molecule is CCC(C)(NC(=O)[C@H](C)c1c(C)n(C(=O)c2ccc(Cl)cc2)c2cc(F)c(O)c(F)c12)C(=O)O. The topological polar surface area (TPSA) is 109 Å². The van der Waals surface area contributed by atoms with Gasteiger partial charge < -0.3 is 15.5 Å². The number of fused-ring (bicyclic) bond motifs is 1. The van der Waals surface area contributed by atoms with Crippen LogP contribution in [0.15, 0.2) is 30.3 Å². The first-order chi connectivity index (χ1) is 15.8. The van der Waals surface area contributed by atoms with Crippen molar-refractivity contribution in [3.63, 3.8) is 0 Å². The van der Waals surface area contributed by atoms with Crippen molar-refractivity contribution in [1.82, 2.24) is 9.88 Å². The van der Waals surface area contributed by atoms with E-state index >= 15 is 4.39 Å². The Hall–Kier alpha value is -3.46. The van der Waals surface area contributed by atoms with Crippen LogP contribution in [0.25, 0.3) is 10.9 Å². The maximum atomic E-state index is 15.1. The second kappa shape index (κ2) is 9.06. The molecule has 1 heterocycles. The van der Waals surface area contributed by atoms with Crippen LogP contribution in [0.2, 0.25) is 5.02 Å². The van der Waals surface area contributed by atoms with Crippen molar-refractivity contribution in [2.75, 3.05) is 0 Å². The molecule has 0 spiro atoms. The number of carboxylic acids is 1. The minimum absolute atomic E-state index is 0.0199. The number of aromatic nitrogens is 1. The monoisotopic (exact) mass is 492 g/mol. The first-order valence-corrected chi connectivity index (χ1v) is 10.8. The Kier molecular flexibility index (Phi) is 6.71. The molecule has 10 heteroatoms. The second-order valence-corrected chi connectivity index (χ2v) is 8.70. The van der Waals surface area contributed by atoms with Crippen molar-refractivity contribution >= 4 is 40.3 Å². The normalized spacial score (nSPS) is 14.0. The highest BCUT2D eigenvalue weighted by molar-refractivity contribution is 6.30. The number of hydrogen-bond donors (Lipinski definition) is 3.